The molecule has 0 unspecified atom stereocenters. The Morgan fingerprint density at radius 3 is 2.77 bits per heavy atom. The van der Waals surface area contributed by atoms with E-state index < -0.39 is 0 Å². The van der Waals surface area contributed by atoms with Crippen molar-refractivity contribution in [1.29, 1.82) is 0 Å². The first-order valence-electron chi connectivity index (χ1n) is 4.86. The number of hydrogen-bond donors (Lipinski definition) is 1. The summed E-state index contributed by atoms with van der Waals surface area (Å²) in [6.07, 6.45) is 3.72. The van der Waals surface area contributed by atoms with Gasteiger partial charge >= 0.3 is 6.01 Å². The van der Waals surface area contributed by atoms with E-state index in [4.69, 9.17) is 4.52 Å². The van der Waals surface area contributed by atoms with Crippen LogP contribution in [0.4, 0.5) is 6.01 Å². The molecule has 1 aromatic rings. The van der Waals surface area contributed by atoms with E-state index in [1.54, 1.807) is 0 Å². The molecular formula is C9H15N3O. The average Bonchev–Trinajstić information content (AvgIpc) is 2.31. The Morgan fingerprint density at radius 2 is 2.23 bits per heavy atom. The monoisotopic (exact) mass is 181 g/mol. The van der Waals surface area contributed by atoms with Gasteiger partial charge in [0.15, 0.2) is 5.82 Å². The lowest BCUT2D eigenvalue weighted by Gasteiger charge is -2.20. The van der Waals surface area contributed by atoms with Crippen molar-refractivity contribution >= 4 is 6.01 Å². The molecule has 1 saturated carbocycles. The van der Waals surface area contributed by atoms with Gasteiger partial charge < -0.3 is 9.84 Å². The summed E-state index contributed by atoms with van der Waals surface area (Å²) in [7, 11) is 0. The SMILES string of the molecule is CC(C)Nc1nc(C2CCC2)no1. The first-order chi connectivity index (χ1) is 6.25. The highest BCUT2D eigenvalue weighted by atomic mass is 16.5. The molecule has 0 radical (unpaired) electrons. The van der Waals surface area contributed by atoms with Crippen LogP contribution in [-0.2, 0) is 0 Å². The molecule has 0 bridgehead atoms. The second kappa shape index (κ2) is 3.36. The third-order valence-corrected chi connectivity index (χ3v) is 2.32. The Labute approximate surface area is 77.7 Å². The van der Waals surface area contributed by atoms with E-state index in [1.807, 2.05) is 13.8 Å². The molecule has 1 heterocycles. The molecule has 1 aromatic heterocycles. The van der Waals surface area contributed by atoms with Crippen molar-refractivity contribution in [3.8, 4) is 0 Å². The zero-order valence-corrected chi connectivity index (χ0v) is 8.08. The van der Waals surface area contributed by atoms with Crippen LogP contribution in [-0.4, -0.2) is 16.2 Å². The molecule has 2 rings (SSSR count). The predicted molar refractivity (Wildman–Crippen MR) is 49.6 cm³/mol. The second-order valence-electron chi connectivity index (χ2n) is 3.88. The Hall–Kier alpha value is -1.06. The number of anilines is 1. The van der Waals surface area contributed by atoms with Crippen LogP contribution < -0.4 is 5.32 Å². The third-order valence-electron chi connectivity index (χ3n) is 2.32. The summed E-state index contributed by atoms with van der Waals surface area (Å²) in [6, 6.07) is 0.895. The van der Waals surface area contributed by atoms with Crippen molar-refractivity contribution in [3.05, 3.63) is 5.82 Å². The fraction of sp³-hybridized carbons (Fsp3) is 0.778. The van der Waals surface area contributed by atoms with E-state index in [9.17, 15) is 0 Å². The fourth-order valence-electron chi connectivity index (χ4n) is 1.37. The van der Waals surface area contributed by atoms with E-state index in [0.29, 0.717) is 18.0 Å². The quantitative estimate of drug-likeness (QED) is 0.776. The summed E-state index contributed by atoms with van der Waals surface area (Å²) < 4.78 is 5.06. The van der Waals surface area contributed by atoms with E-state index >= 15 is 0 Å². The van der Waals surface area contributed by atoms with Crippen molar-refractivity contribution in [2.45, 2.75) is 45.1 Å². The molecule has 4 heteroatoms. The summed E-state index contributed by atoms with van der Waals surface area (Å²) in [5, 5.41) is 7.03. The van der Waals surface area contributed by atoms with Crippen LogP contribution in [0.25, 0.3) is 0 Å². The molecule has 13 heavy (non-hydrogen) atoms. The van der Waals surface area contributed by atoms with Gasteiger partial charge in [-0.2, -0.15) is 4.98 Å². The molecule has 0 aliphatic heterocycles. The van der Waals surface area contributed by atoms with Gasteiger partial charge in [-0.3, -0.25) is 0 Å². The Kier molecular flexibility index (Phi) is 2.20. The molecule has 72 valence electrons. The Morgan fingerprint density at radius 1 is 1.46 bits per heavy atom. The van der Waals surface area contributed by atoms with Crippen LogP contribution in [0, 0.1) is 0 Å². The van der Waals surface area contributed by atoms with Gasteiger partial charge in [-0.05, 0) is 26.7 Å². The number of nitrogens with zero attached hydrogens (tertiary/aromatic N) is 2. The number of aromatic nitrogens is 2. The lowest BCUT2D eigenvalue weighted by Crippen LogP contribution is -2.12. The minimum absolute atomic E-state index is 0.342. The van der Waals surface area contributed by atoms with Crippen LogP contribution in [0.5, 0.6) is 0 Å². The maximum atomic E-state index is 5.06. The molecule has 0 amide bonds. The lowest BCUT2D eigenvalue weighted by atomic mass is 9.85. The summed E-state index contributed by atoms with van der Waals surface area (Å²) in [6.45, 7) is 4.10. The zero-order valence-electron chi connectivity index (χ0n) is 8.08. The van der Waals surface area contributed by atoms with Gasteiger partial charge in [-0.25, -0.2) is 0 Å². The smallest absolute Gasteiger partial charge is 0.321 e. The lowest BCUT2D eigenvalue weighted by molar-refractivity contribution is 0.366. The highest BCUT2D eigenvalue weighted by Gasteiger charge is 2.24. The van der Waals surface area contributed by atoms with E-state index in [2.05, 4.69) is 15.5 Å². The predicted octanol–water partition coefficient (Wildman–Crippen LogP) is 2.16. The molecule has 0 spiro atoms. The normalized spacial score (nSPS) is 17.5. The minimum Gasteiger partial charge on any atom is -0.336 e. The largest absolute Gasteiger partial charge is 0.336 e. The van der Waals surface area contributed by atoms with Crippen molar-refractivity contribution in [1.82, 2.24) is 10.1 Å². The molecule has 1 aliphatic rings. The molecule has 0 atom stereocenters. The van der Waals surface area contributed by atoms with Gasteiger partial charge in [-0.15, -0.1) is 0 Å². The van der Waals surface area contributed by atoms with Gasteiger partial charge in [0.05, 0.1) is 0 Å². The first kappa shape index (κ1) is 8.53. The fourth-order valence-corrected chi connectivity index (χ4v) is 1.37. The van der Waals surface area contributed by atoms with Crippen molar-refractivity contribution in [3.63, 3.8) is 0 Å². The summed E-state index contributed by atoms with van der Waals surface area (Å²) in [5.41, 5.74) is 0. The number of rotatable bonds is 3. The standard InChI is InChI=1S/C9H15N3O/c1-6(2)10-9-11-8(12-13-9)7-4-3-5-7/h6-7H,3-5H2,1-2H3,(H,10,11,12). The summed E-state index contributed by atoms with van der Waals surface area (Å²) >= 11 is 0. The molecule has 0 saturated heterocycles. The van der Waals surface area contributed by atoms with Gasteiger partial charge in [0.25, 0.3) is 0 Å². The molecule has 1 fully saturated rings. The van der Waals surface area contributed by atoms with Crippen molar-refractivity contribution in [2.75, 3.05) is 5.32 Å². The topological polar surface area (TPSA) is 51.0 Å². The highest BCUT2D eigenvalue weighted by Crippen LogP contribution is 2.34. The number of hydrogen-bond acceptors (Lipinski definition) is 4. The van der Waals surface area contributed by atoms with E-state index in [-0.39, 0.29) is 0 Å². The molecule has 4 nitrogen and oxygen atoms in total. The second-order valence-corrected chi connectivity index (χ2v) is 3.88. The van der Waals surface area contributed by atoms with Crippen molar-refractivity contribution in [2.24, 2.45) is 0 Å². The summed E-state index contributed by atoms with van der Waals surface area (Å²) in [5.74, 6) is 1.42. The molecule has 1 N–H and O–H groups in total. The van der Waals surface area contributed by atoms with Gasteiger partial charge in [0.1, 0.15) is 0 Å². The number of nitrogens with one attached hydrogen (secondary N) is 1. The van der Waals surface area contributed by atoms with Gasteiger partial charge in [0.2, 0.25) is 0 Å². The van der Waals surface area contributed by atoms with Gasteiger partial charge in [0, 0.05) is 12.0 Å². The minimum atomic E-state index is 0.342. The van der Waals surface area contributed by atoms with E-state index in [0.717, 1.165) is 5.82 Å². The van der Waals surface area contributed by atoms with Crippen LogP contribution in [0.15, 0.2) is 4.52 Å². The maximum absolute atomic E-state index is 5.06. The maximum Gasteiger partial charge on any atom is 0.321 e. The Balaban J connectivity index is 2.00. The third kappa shape index (κ3) is 1.82. The summed E-state index contributed by atoms with van der Waals surface area (Å²) in [4.78, 5) is 4.28. The van der Waals surface area contributed by atoms with Crippen LogP contribution >= 0.6 is 0 Å². The Bertz CT molecular complexity index is 278. The van der Waals surface area contributed by atoms with Crippen LogP contribution in [0.2, 0.25) is 0 Å². The zero-order chi connectivity index (χ0) is 9.26. The van der Waals surface area contributed by atoms with Crippen molar-refractivity contribution < 1.29 is 4.52 Å². The average molecular weight is 181 g/mol. The van der Waals surface area contributed by atoms with Crippen LogP contribution in [0.1, 0.15) is 44.9 Å². The first-order valence-corrected chi connectivity index (χ1v) is 4.86. The van der Waals surface area contributed by atoms with E-state index in [1.165, 1.54) is 19.3 Å². The van der Waals surface area contributed by atoms with Gasteiger partial charge in [-0.1, -0.05) is 11.6 Å². The molecular weight excluding hydrogens is 166 g/mol. The molecule has 0 aromatic carbocycles. The highest BCUT2D eigenvalue weighted by molar-refractivity contribution is 5.20. The van der Waals surface area contributed by atoms with Crippen LogP contribution in [0.3, 0.4) is 0 Å². The molecule has 1 aliphatic carbocycles.